The SMILES string of the molecule is Nc1cnn(CC(=O)NCCc2ccc(Cl)s2)c1. The van der Waals surface area contributed by atoms with Crippen LogP contribution in [0.25, 0.3) is 0 Å². The molecule has 0 atom stereocenters. The number of hydrogen-bond donors (Lipinski definition) is 2. The van der Waals surface area contributed by atoms with E-state index in [-0.39, 0.29) is 12.5 Å². The van der Waals surface area contributed by atoms with Gasteiger partial charge in [-0.15, -0.1) is 11.3 Å². The minimum absolute atomic E-state index is 0.0826. The van der Waals surface area contributed by atoms with E-state index in [1.54, 1.807) is 6.20 Å². The van der Waals surface area contributed by atoms with Gasteiger partial charge in [0, 0.05) is 17.6 Å². The molecule has 7 heteroatoms. The van der Waals surface area contributed by atoms with Crippen LogP contribution in [0.15, 0.2) is 24.5 Å². The van der Waals surface area contributed by atoms with Gasteiger partial charge in [0.25, 0.3) is 0 Å². The number of thiophene rings is 1. The molecule has 0 saturated heterocycles. The van der Waals surface area contributed by atoms with Crippen molar-refractivity contribution in [2.45, 2.75) is 13.0 Å². The standard InChI is InChI=1S/C11H13ClN4OS/c12-10-2-1-9(18-10)3-4-14-11(17)7-16-6-8(13)5-15-16/h1-2,5-6H,3-4,7,13H2,(H,14,17). The predicted octanol–water partition coefficient (Wildman–Crippen LogP) is 1.54. The summed E-state index contributed by atoms with van der Waals surface area (Å²) in [5.41, 5.74) is 6.06. The highest BCUT2D eigenvalue weighted by Gasteiger charge is 2.04. The lowest BCUT2D eigenvalue weighted by Crippen LogP contribution is -2.29. The van der Waals surface area contributed by atoms with Gasteiger partial charge in [-0.05, 0) is 18.6 Å². The summed E-state index contributed by atoms with van der Waals surface area (Å²) >= 11 is 7.35. The minimum atomic E-state index is -0.0826. The molecular formula is C11H13ClN4OS. The van der Waals surface area contributed by atoms with E-state index >= 15 is 0 Å². The summed E-state index contributed by atoms with van der Waals surface area (Å²) in [6, 6.07) is 3.82. The van der Waals surface area contributed by atoms with Gasteiger partial charge in [-0.1, -0.05) is 11.6 Å². The maximum atomic E-state index is 11.6. The second-order valence-electron chi connectivity index (χ2n) is 3.78. The Morgan fingerprint density at radius 1 is 1.56 bits per heavy atom. The van der Waals surface area contributed by atoms with Gasteiger partial charge in [0.1, 0.15) is 6.54 Å². The number of nitrogens with two attached hydrogens (primary N) is 1. The number of carbonyl (C=O) groups excluding carboxylic acids is 1. The average Bonchev–Trinajstić information content (AvgIpc) is 2.88. The van der Waals surface area contributed by atoms with Gasteiger partial charge in [-0.25, -0.2) is 0 Å². The molecule has 0 aliphatic heterocycles. The molecule has 0 unspecified atom stereocenters. The van der Waals surface area contributed by atoms with Crippen LogP contribution in [0.3, 0.4) is 0 Å². The molecule has 2 aromatic heterocycles. The van der Waals surface area contributed by atoms with Crippen LogP contribution in [0.5, 0.6) is 0 Å². The molecule has 0 aliphatic rings. The first-order valence-corrected chi connectivity index (χ1v) is 6.62. The molecule has 96 valence electrons. The van der Waals surface area contributed by atoms with Gasteiger partial charge in [0.15, 0.2) is 0 Å². The predicted molar refractivity (Wildman–Crippen MR) is 72.7 cm³/mol. The van der Waals surface area contributed by atoms with Gasteiger partial charge in [0.2, 0.25) is 5.91 Å². The van der Waals surface area contributed by atoms with E-state index in [4.69, 9.17) is 17.3 Å². The van der Waals surface area contributed by atoms with E-state index < -0.39 is 0 Å². The van der Waals surface area contributed by atoms with Crippen molar-refractivity contribution in [3.8, 4) is 0 Å². The first-order chi connectivity index (χ1) is 8.63. The zero-order chi connectivity index (χ0) is 13.0. The van der Waals surface area contributed by atoms with Crippen molar-refractivity contribution in [3.05, 3.63) is 33.7 Å². The van der Waals surface area contributed by atoms with Crippen molar-refractivity contribution < 1.29 is 4.79 Å². The maximum absolute atomic E-state index is 11.6. The number of nitrogens with one attached hydrogen (secondary N) is 1. The van der Waals surface area contributed by atoms with Gasteiger partial charge in [-0.2, -0.15) is 5.10 Å². The summed E-state index contributed by atoms with van der Waals surface area (Å²) in [6.07, 6.45) is 3.92. The van der Waals surface area contributed by atoms with Crippen molar-refractivity contribution in [1.82, 2.24) is 15.1 Å². The second-order valence-corrected chi connectivity index (χ2v) is 5.58. The van der Waals surface area contributed by atoms with E-state index in [9.17, 15) is 4.79 Å². The monoisotopic (exact) mass is 284 g/mol. The van der Waals surface area contributed by atoms with Gasteiger partial charge >= 0.3 is 0 Å². The second kappa shape index (κ2) is 5.88. The summed E-state index contributed by atoms with van der Waals surface area (Å²) in [7, 11) is 0. The van der Waals surface area contributed by atoms with Crippen molar-refractivity contribution in [3.63, 3.8) is 0 Å². The highest BCUT2D eigenvalue weighted by molar-refractivity contribution is 7.16. The lowest BCUT2D eigenvalue weighted by Gasteiger charge is -2.04. The number of amides is 1. The third-order valence-corrected chi connectivity index (χ3v) is 3.57. The topological polar surface area (TPSA) is 72.9 Å². The van der Waals surface area contributed by atoms with E-state index in [1.807, 2.05) is 12.1 Å². The van der Waals surface area contributed by atoms with Crippen molar-refractivity contribution in [2.75, 3.05) is 12.3 Å². The van der Waals surface area contributed by atoms with Crippen molar-refractivity contribution in [1.29, 1.82) is 0 Å². The fraction of sp³-hybridized carbons (Fsp3) is 0.273. The number of halogens is 1. The molecule has 18 heavy (non-hydrogen) atoms. The molecule has 0 bridgehead atoms. The van der Waals surface area contributed by atoms with Crippen molar-refractivity contribution >= 4 is 34.5 Å². The smallest absolute Gasteiger partial charge is 0.241 e. The lowest BCUT2D eigenvalue weighted by molar-refractivity contribution is -0.121. The Balaban J connectivity index is 1.72. The number of nitrogen functional groups attached to an aromatic ring is 1. The van der Waals surface area contributed by atoms with E-state index in [2.05, 4.69) is 10.4 Å². The van der Waals surface area contributed by atoms with Crippen LogP contribution >= 0.6 is 22.9 Å². The Bertz CT molecular complexity index is 537. The molecule has 2 aromatic rings. The number of rotatable bonds is 5. The summed E-state index contributed by atoms with van der Waals surface area (Å²) in [5.74, 6) is -0.0826. The van der Waals surface area contributed by atoms with E-state index in [1.165, 1.54) is 22.2 Å². The molecular weight excluding hydrogens is 272 g/mol. The Kier molecular flexibility index (Phi) is 4.22. The quantitative estimate of drug-likeness (QED) is 0.875. The van der Waals surface area contributed by atoms with Crippen LogP contribution < -0.4 is 11.1 Å². The zero-order valence-electron chi connectivity index (χ0n) is 9.60. The Morgan fingerprint density at radius 3 is 3.00 bits per heavy atom. The third-order valence-electron chi connectivity index (χ3n) is 2.28. The summed E-state index contributed by atoms with van der Waals surface area (Å²) in [5, 5.41) is 6.76. The molecule has 0 fully saturated rings. The summed E-state index contributed by atoms with van der Waals surface area (Å²) in [4.78, 5) is 12.7. The molecule has 1 amide bonds. The molecule has 2 rings (SSSR count). The van der Waals surface area contributed by atoms with Crippen LogP contribution in [0.1, 0.15) is 4.88 Å². The molecule has 0 spiro atoms. The lowest BCUT2D eigenvalue weighted by atomic mass is 10.3. The summed E-state index contributed by atoms with van der Waals surface area (Å²) in [6.45, 7) is 0.773. The van der Waals surface area contributed by atoms with E-state index in [0.29, 0.717) is 12.2 Å². The largest absolute Gasteiger partial charge is 0.396 e. The van der Waals surface area contributed by atoms with Crippen LogP contribution in [-0.4, -0.2) is 22.2 Å². The highest BCUT2D eigenvalue weighted by Crippen LogP contribution is 2.21. The molecule has 2 heterocycles. The normalized spacial score (nSPS) is 10.5. The van der Waals surface area contributed by atoms with Crippen LogP contribution in [0.2, 0.25) is 4.34 Å². The van der Waals surface area contributed by atoms with Gasteiger partial charge in [0.05, 0.1) is 16.2 Å². The number of aromatic nitrogens is 2. The average molecular weight is 285 g/mol. The third kappa shape index (κ3) is 3.75. The minimum Gasteiger partial charge on any atom is -0.396 e. The van der Waals surface area contributed by atoms with Crippen LogP contribution in [-0.2, 0) is 17.8 Å². The van der Waals surface area contributed by atoms with Crippen LogP contribution in [0.4, 0.5) is 5.69 Å². The number of anilines is 1. The Hall–Kier alpha value is -1.53. The first-order valence-electron chi connectivity index (χ1n) is 5.42. The molecule has 5 nitrogen and oxygen atoms in total. The summed E-state index contributed by atoms with van der Waals surface area (Å²) < 4.78 is 2.27. The molecule has 0 aliphatic carbocycles. The highest BCUT2D eigenvalue weighted by atomic mass is 35.5. The van der Waals surface area contributed by atoms with Crippen LogP contribution in [0, 0.1) is 0 Å². The molecule has 0 aromatic carbocycles. The zero-order valence-corrected chi connectivity index (χ0v) is 11.2. The fourth-order valence-electron chi connectivity index (χ4n) is 1.48. The fourth-order valence-corrected chi connectivity index (χ4v) is 2.57. The van der Waals surface area contributed by atoms with Gasteiger partial charge in [-0.3, -0.25) is 9.48 Å². The Morgan fingerprint density at radius 2 is 2.39 bits per heavy atom. The number of carbonyl (C=O) groups is 1. The van der Waals surface area contributed by atoms with Gasteiger partial charge < -0.3 is 11.1 Å². The molecule has 3 N–H and O–H groups in total. The number of hydrogen-bond acceptors (Lipinski definition) is 4. The number of nitrogens with zero attached hydrogens (tertiary/aromatic N) is 2. The molecule has 0 saturated carbocycles. The first kappa shape index (κ1) is 12.9. The molecule has 0 radical (unpaired) electrons. The maximum Gasteiger partial charge on any atom is 0.241 e. The van der Waals surface area contributed by atoms with E-state index in [0.717, 1.165) is 15.6 Å². The Labute approximate surface area is 114 Å². The van der Waals surface area contributed by atoms with Crippen molar-refractivity contribution in [2.24, 2.45) is 0 Å².